The van der Waals surface area contributed by atoms with Crippen molar-refractivity contribution >= 4 is 53.3 Å². The molecule has 2 aliphatic heterocycles. The minimum absolute atomic E-state index is 0.189. The number of esters is 2. The maximum atomic E-state index is 13.0. The van der Waals surface area contributed by atoms with Crippen LogP contribution in [-0.2, 0) is 19.2 Å². The van der Waals surface area contributed by atoms with E-state index in [4.69, 9.17) is 9.47 Å². The van der Waals surface area contributed by atoms with Gasteiger partial charge in [-0.3, -0.25) is 29.8 Å². The molecule has 2 aliphatic carbocycles. The van der Waals surface area contributed by atoms with Gasteiger partial charge in [0.15, 0.2) is 0 Å². The number of thioether (sulfide) groups is 2. The molecular weight excluding hydrogens is 528 g/mol. The summed E-state index contributed by atoms with van der Waals surface area (Å²) >= 11 is 2.17. The van der Waals surface area contributed by atoms with Crippen LogP contribution in [0.3, 0.4) is 0 Å². The van der Waals surface area contributed by atoms with E-state index in [1.165, 1.54) is 0 Å². The van der Waals surface area contributed by atoms with E-state index in [0.29, 0.717) is 25.9 Å². The van der Waals surface area contributed by atoms with Gasteiger partial charge in [-0.25, -0.2) is 4.79 Å². The minimum Gasteiger partial charge on any atom is -0.425 e. The van der Waals surface area contributed by atoms with Crippen LogP contribution in [0.25, 0.3) is 0 Å². The van der Waals surface area contributed by atoms with Crippen molar-refractivity contribution in [2.24, 2.45) is 23.7 Å². The molecule has 0 atom stereocenters. The Hall–Kier alpha value is -2.79. The van der Waals surface area contributed by atoms with E-state index < -0.39 is 17.8 Å². The van der Waals surface area contributed by atoms with Crippen molar-refractivity contribution in [3.8, 4) is 11.5 Å². The van der Waals surface area contributed by atoms with E-state index in [0.717, 1.165) is 74.9 Å². The molecule has 2 N–H and O–H groups in total. The lowest BCUT2D eigenvalue weighted by atomic mass is 9.83. The van der Waals surface area contributed by atoms with Crippen molar-refractivity contribution in [3.05, 3.63) is 21.9 Å². The number of carbonyl (C=O) groups excluding carboxylic acids is 5. The third kappa shape index (κ3) is 5.63. The summed E-state index contributed by atoms with van der Waals surface area (Å²) in [6, 6.07) is 2.31. The Balaban J connectivity index is 1.43. The molecule has 0 unspecified atom stereocenters. The van der Waals surface area contributed by atoms with Crippen LogP contribution in [0.1, 0.15) is 65.2 Å². The van der Waals surface area contributed by atoms with E-state index >= 15 is 0 Å². The Bertz CT molecular complexity index is 1140. The highest BCUT2D eigenvalue weighted by molar-refractivity contribution is 8.25. The van der Waals surface area contributed by atoms with E-state index in [-0.39, 0.29) is 40.8 Å². The topological polar surface area (TPSA) is 128 Å². The SMILES string of the molecule is CC1CCC(C(=O)Oc2ccc(OC(=O)C3CCC(C)CC3)c3c2SC(=C2C(=O)NC(=O)NC2=O)S3)CC1. The van der Waals surface area contributed by atoms with Gasteiger partial charge in [0.25, 0.3) is 11.8 Å². The summed E-state index contributed by atoms with van der Waals surface area (Å²) in [5, 5.41) is 4.17. The molecule has 5 rings (SSSR count). The van der Waals surface area contributed by atoms with Gasteiger partial charge in [0.1, 0.15) is 17.1 Å². The Labute approximate surface area is 229 Å². The van der Waals surface area contributed by atoms with Crippen LogP contribution in [0.2, 0.25) is 0 Å². The summed E-state index contributed by atoms with van der Waals surface area (Å²) in [4.78, 5) is 63.5. The fourth-order valence-corrected chi connectivity index (χ4v) is 7.88. The number of carbonyl (C=O) groups is 5. The van der Waals surface area contributed by atoms with Crippen LogP contribution in [0.4, 0.5) is 4.79 Å². The summed E-state index contributed by atoms with van der Waals surface area (Å²) in [6.07, 6.45) is 6.94. The highest BCUT2D eigenvalue weighted by Gasteiger charge is 2.38. The summed E-state index contributed by atoms with van der Waals surface area (Å²) in [7, 11) is 0. The molecule has 0 spiro atoms. The predicted octanol–water partition coefficient (Wildman–Crippen LogP) is 4.93. The van der Waals surface area contributed by atoms with Crippen LogP contribution in [-0.4, -0.2) is 29.8 Å². The van der Waals surface area contributed by atoms with Crippen molar-refractivity contribution in [3.63, 3.8) is 0 Å². The lowest BCUT2D eigenvalue weighted by Gasteiger charge is -2.25. The van der Waals surface area contributed by atoms with Gasteiger partial charge in [0.05, 0.1) is 25.9 Å². The van der Waals surface area contributed by atoms with Gasteiger partial charge in [0.2, 0.25) is 0 Å². The van der Waals surface area contributed by atoms with E-state index in [1.54, 1.807) is 12.1 Å². The third-order valence-electron chi connectivity index (χ3n) is 7.66. The van der Waals surface area contributed by atoms with Crippen molar-refractivity contribution in [2.45, 2.75) is 75.0 Å². The van der Waals surface area contributed by atoms with Crippen molar-refractivity contribution in [2.75, 3.05) is 0 Å². The number of imide groups is 2. The zero-order chi connectivity index (χ0) is 27.0. The number of fused-ring (bicyclic) bond motifs is 1. The molecule has 0 aromatic heterocycles. The van der Waals surface area contributed by atoms with Crippen LogP contribution >= 0.6 is 23.5 Å². The standard InChI is InChI=1S/C27H30N2O7S2/c1-13-3-7-15(8-4-13)24(32)35-17-11-12-18(36-25(33)16-9-5-14(2)6-10-16)21-20(17)37-26(38-21)19-22(30)28-27(34)29-23(19)31/h11-16H,3-10H2,1-2H3,(H2,28,29,30,31,34). The molecule has 9 nitrogen and oxygen atoms in total. The van der Waals surface area contributed by atoms with Crippen molar-refractivity contribution < 1.29 is 33.4 Å². The normalized spacial score (nSPS) is 27.4. The number of hydrogen-bond acceptors (Lipinski definition) is 9. The molecule has 202 valence electrons. The Kier molecular flexibility index (Phi) is 7.85. The van der Waals surface area contributed by atoms with Crippen LogP contribution < -0.4 is 20.1 Å². The number of urea groups is 1. The van der Waals surface area contributed by atoms with Crippen LogP contribution in [0.15, 0.2) is 31.7 Å². The molecule has 4 aliphatic rings. The Morgan fingerprint density at radius 3 is 1.50 bits per heavy atom. The molecular formula is C27H30N2O7S2. The van der Waals surface area contributed by atoms with Crippen molar-refractivity contribution in [1.82, 2.24) is 10.6 Å². The molecule has 3 fully saturated rings. The predicted molar refractivity (Wildman–Crippen MR) is 140 cm³/mol. The summed E-state index contributed by atoms with van der Waals surface area (Å²) in [6.45, 7) is 4.35. The first-order valence-corrected chi connectivity index (χ1v) is 14.7. The maximum absolute atomic E-state index is 13.0. The number of hydrogen-bond donors (Lipinski definition) is 2. The summed E-state index contributed by atoms with van der Waals surface area (Å²) < 4.78 is 12.0. The van der Waals surface area contributed by atoms with Gasteiger partial charge in [-0.05, 0) is 75.3 Å². The molecule has 2 saturated carbocycles. The first kappa shape index (κ1) is 26.8. The van der Waals surface area contributed by atoms with Gasteiger partial charge in [0, 0.05) is 0 Å². The van der Waals surface area contributed by atoms with E-state index in [9.17, 15) is 24.0 Å². The molecule has 11 heteroatoms. The maximum Gasteiger partial charge on any atom is 0.328 e. The molecule has 0 bridgehead atoms. The Morgan fingerprint density at radius 1 is 0.711 bits per heavy atom. The average molecular weight is 559 g/mol. The number of ether oxygens (including phenoxy) is 2. The molecule has 4 amide bonds. The quantitative estimate of drug-likeness (QED) is 0.229. The Morgan fingerprint density at radius 2 is 1.11 bits per heavy atom. The second kappa shape index (κ2) is 11.1. The highest BCUT2D eigenvalue weighted by atomic mass is 32.2. The molecule has 1 aromatic rings. The lowest BCUT2D eigenvalue weighted by Crippen LogP contribution is -2.51. The summed E-state index contributed by atoms with van der Waals surface area (Å²) in [5.41, 5.74) is -0.215. The fourth-order valence-electron chi connectivity index (χ4n) is 5.21. The van der Waals surface area contributed by atoms with Gasteiger partial charge in [-0.1, -0.05) is 37.4 Å². The molecule has 2 heterocycles. The van der Waals surface area contributed by atoms with Crippen LogP contribution in [0, 0.1) is 23.7 Å². The van der Waals surface area contributed by atoms with Crippen LogP contribution in [0.5, 0.6) is 11.5 Å². The van der Waals surface area contributed by atoms with E-state index in [2.05, 4.69) is 24.5 Å². The average Bonchev–Trinajstić information content (AvgIpc) is 3.31. The zero-order valence-corrected chi connectivity index (χ0v) is 22.9. The third-order valence-corrected chi connectivity index (χ3v) is 10.3. The van der Waals surface area contributed by atoms with E-state index in [1.807, 2.05) is 0 Å². The number of barbiturate groups is 1. The van der Waals surface area contributed by atoms with Gasteiger partial charge < -0.3 is 9.47 Å². The van der Waals surface area contributed by atoms with Gasteiger partial charge in [-0.15, -0.1) is 0 Å². The van der Waals surface area contributed by atoms with Crippen molar-refractivity contribution in [1.29, 1.82) is 0 Å². The van der Waals surface area contributed by atoms with Gasteiger partial charge in [-0.2, -0.15) is 0 Å². The molecule has 38 heavy (non-hydrogen) atoms. The number of amides is 4. The smallest absolute Gasteiger partial charge is 0.328 e. The first-order valence-electron chi connectivity index (χ1n) is 13.1. The monoisotopic (exact) mass is 558 g/mol. The largest absolute Gasteiger partial charge is 0.425 e. The molecule has 1 saturated heterocycles. The summed E-state index contributed by atoms with van der Waals surface area (Å²) in [5.74, 6) is -0.882. The number of benzene rings is 1. The fraction of sp³-hybridized carbons (Fsp3) is 0.519. The zero-order valence-electron chi connectivity index (χ0n) is 21.3. The second-order valence-corrected chi connectivity index (χ2v) is 12.9. The second-order valence-electron chi connectivity index (χ2n) is 10.6. The molecule has 1 aromatic carbocycles. The lowest BCUT2D eigenvalue weighted by molar-refractivity contribution is -0.141. The minimum atomic E-state index is -0.886. The number of rotatable bonds is 4. The number of nitrogens with one attached hydrogen (secondary N) is 2. The molecule has 0 radical (unpaired) electrons. The first-order chi connectivity index (χ1) is 18.2. The highest BCUT2D eigenvalue weighted by Crippen LogP contribution is 2.59. The van der Waals surface area contributed by atoms with Gasteiger partial charge >= 0.3 is 18.0 Å².